The van der Waals surface area contributed by atoms with Crippen LogP contribution in [0.2, 0.25) is 0 Å². The van der Waals surface area contributed by atoms with Crippen LogP contribution >= 0.6 is 0 Å². The van der Waals surface area contributed by atoms with Crippen molar-refractivity contribution in [2.45, 2.75) is 58.2 Å². The van der Waals surface area contributed by atoms with Gasteiger partial charge >= 0.3 is 0 Å². The van der Waals surface area contributed by atoms with Gasteiger partial charge in [-0.05, 0) is 74.2 Å². The molecule has 5 rings (SSSR count). The number of para-hydroxylation sites is 1. The SMILES string of the molecule is COc1ccc(OC)c(C(C(=O)NC2CCCC2)N(C(=O)Cn2nnc3ccccc32)c2cccc(C)c2C)c1. The number of carbonyl (C=O) groups excluding carboxylic acids is 2. The smallest absolute Gasteiger partial charge is 0.249 e. The van der Waals surface area contributed by atoms with E-state index in [4.69, 9.17) is 9.47 Å². The number of nitrogens with one attached hydrogen (secondary N) is 1. The summed E-state index contributed by atoms with van der Waals surface area (Å²) in [6, 6.07) is 17.6. The predicted octanol–water partition coefficient (Wildman–Crippen LogP) is 4.90. The average Bonchev–Trinajstić information content (AvgIpc) is 3.63. The van der Waals surface area contributed by atoms with E-state index in [0.717, 1.165) is 42.3 Å². The summed E-state index contributed by atoms with van der Waals surface area (Å²) in [4.78, 5) is 30.3. The van der Waals surface area contributed by atoms with Gasteiger partial charge in [0.15, 0.2) is 0 Å². The standard InChI is InChI=1S/C31H35N5O4/c1-20-10-9-15-26(21(20)2)36(29(37)19-35-27-14-8-7-13-25(27)33-34-35)30(31(38)32-22-11-5-6-12-22)24-18-23(39-3)16-17-28(24)40-4/h7-10,13-18,22,30H,5-6,11-12,19H2,1-4H3,(H,32,38). The summed E-state index contributed by atoms with van der Waals surface area (Å²) in [6.45, 7) is 3.85. The molecule has 9 heteroatoms. The third-order valence-corrected chi connectivity index (χ3v) is 7.75. The molecule has 1 saturated carbocycles. The molecule has 3 aromatic carbocycles. The number of hydrogen-bond donors (Lipinski definition) is 1. The number of ether oxygens (including phenoxy) is 2. The molecule has 1 aliphatic rings. The van der Waals surface area contributed by atoms with Crippen LogP contribution in [0.3, 0.4) is 0 Å². The molecule has 1 aliphatic carbocycles. The van der Waals surface area contributed by atoms with E-state index in [1.165, 1.54) is 0 Å². The molecule has 9 nitrogen and oxygen atoms in total. The number of aryl methyl sites for hydroxylation is 1. The molecular weight excluding hydrogens is 506 g/mol. The lowest BCUT2D eigenvalue weighted by molar-refractivity contribution is -0.127. The van der Waals surface area contributed by atoms with E-state index in [1.807, 2.05) is 56.3 Å². The topological polar surface area (TPSA) is 98.6 Å². The minimum absolute atomic E-state index is 0.0569. The molecule has 2 amide bonds. The van der Waals surface area contributed by atoms with Crippen LogP contribution in [0.15, 0.2) is 60.7 Å². The van der Waals surface area contributed by atoms with Gasteiger partial charge in [-0.2, -0.15) is 0 Å². The highest BCUT2D eigenvalue weighted by Gasteiger charge is 2.37. The summed E-state index contributed by atoms with van der Waals surface area (Å²) in [6.07, 6.45) is 3.96. The third-order valence-electron chi connectivity index (χ3n) is 7.75. The maximum Gasteiger partial charge on any atom is 0.249 e. The first kappa shape index (κ1) is 27.2. The number of rotatable bonds is 9. The van der Waals surface area contributed by atoms with E-state index in [9.17, 15) is 9.59 Å². The first-order valence-electron chi connectivity index (χ1n) is 13.6. The van der Waals surface area contributed by atoms with Crippen molar-refractivity contribution >= 4 is 28.5 Å². The van der Waals surface area contributed by atoms with Crippen LogP contribution in [0, 0.1) is 13.8 Å². The molecule has 0 bridgehead atoms. The Labute approximate surface area is 234 Å². The van der Waals surface area contributed by atoms with Gasteiger partial charge in [-0.1, -0.05) is 42.3 Å². The Bertz CT molecular complexity index is 1530. The highest BCUT2D eigenvalue weighted by Crippen LogP contribution is 2.38. The van der Waals surface area contributed by atoms with Gasteiger partial charge in [-0.3, -0.25) is 14.5 Å². The molecule has 0 radical (unpaired) electrons. The van der Waals surface area contributed by atoms with Crippen molar-refractivity contribution in [1.82, 2.24) is 20.3 Å². The Hall–Kier alpha value is -4.40. The molecule has 208 valence electrons. The van der Waals surface area contributed by atoms with Crippen molar-refractivity contribution < 1.29 is 19.1 Å². The van der Waals surface area contributed by atoms with E-state index in [-0.39, 0.29) is 24.4 Å². The van der Waals surface area contributed by atoms with Crippen molar-refractivity contribution in [3.05, 3.63) is 77.4 Å². The Morgan fingerprint density at radius 1 is 1.02 bits per heavy atom. The number of carbonyl (C=O) groups is 2. The number of aromatic nitrogens is 3. The van der Waals surface area contributed by atoms with Crippen LogP contribution in [0.1, 0.15) is 48.4 Å². The molecule has 0 saturated heterocycles. The molecule has 40 heavy (non-hydrogen) atoms. The quantitative estimate of drug-likeness (QED) is 0.324. The average molecular weight is 542 g/mol. The second kappa shape index (κ2) is 11.8. The largest absolute Gasteiger partial charge is 0.497 e. The first-order valence-corrected chi connectivity index (χ1v) is 13.6. The van der Waals surface area contributed by atoms with Crippen LogP contribution < -0.4 is 19.7 Å². The van der Waals surface area contributed by atoms with E-state index in [0.29, 0.717) is 28.3 Å². The highest BCUT2D eigenvalue weighted by molar-refractivity contribution is 6.02. The third kappa shape index (κ3) is 5.36. The summed E-state index contributed by atoms with van der Waals surface area (Å²) < 4.78 is 12.8. The maximum absolute atomic E-state index is 14.4. The summed E-state index contributed by atoms with van der Waals surface area (Å²) in [5.41, 5.74) is 4.52. The number of amides is 2. The minimum Gasteiger partial charge on any atom is -0.497 e. The van der Waals surface area contributed by atoms with Crippen LogP contribution in [0.25, 0.3) is 11.0 Å². The second-order valence-corrected chi connectivity index (χ2v) is 10.2. The molecule has 0 aliphatic heterocycles. The zero-order chi connectivity index (χ0) is 28.2. The van der Waals surface area contributed by atoms with E-state index in [1.54, 1.807) is 42.0 Å². The molecular formula is C31H35N5O4. The fourth-order valence-electron chi connectivity index (χ4n) is 5.45. The predicted molar refractivity (Wildman–Crippen MR) is 154 cm³/mol. The Balaban J connectivity index is 1.67. The molecule has 1 heterocycles. The van der Waals surface area contributed by atoms with Gasteiger partial charge in [0.25, 0.3) is 0 Å². The monoisotopic (exact) mass is 541 g/mol. The minimum atomic E-state index is -1.02. The van der Waals surface area contributed by atoms with Gasteiger partial charge in [-0.15, -0.1) is 5.10 Å². The van der Waals surface area contributed by atoms with Crippen molar-refractivity contribution in [2.24, 2.45) is 0 Å². The summed E-state index contributed by atoms with van der Waals surface area (Å²) in [5, 5.41) is 11.7. The van der Waals surface area contributed by atoms with Crippen LogP contribution in [-0.4, -0.2) is 47.1 Å². The van der Waals surface area contributed by atoms with Crippen molar-refractivity contribution in [3.8, 4) is 11.5 Å². The number of nitrogens with zero attached hydrogens (tertiary/aromatic N) is 4. The summed E-state index contributed by atoms with van der Waals surface area (Å²) in [5.74, 6) is 0.476. The van der Waals surface area contributed by atoms with Crippen LogP contribution in [-0.2, 0) is 16.1 Å². The summed E-state index contributed by atoms with van der Waals surface area (Å²) in [7, 11) is 3.13. The fourth-order valence-corrected chi connectivity index (χ4v) is 5.45. The Kier molecular flexibility index (Phi) is 8.00. The normalized spacial score (nSPS) is 14.2. The van der Waals surface area contributed by atoms with Crippen LogP contribution in [0.5, 0.6) is 11.5 Å². The number of hydrogen-bond acceptors (Lipinski definition) is 6. The molecule has 4 aromatic rings. The second-order valence-electron chi connectivity index (χ2n) is 10.2. The summed E-state index contributed by atoms with van der Waals surface area (Å²) >= 11 is 0. The van der Waals surface area contributed by atoms with E-state index in [2.05, 4.69) is 15.6 Å². The van der Waals surface area contributed by atoms with E-state index < -0.39 is 6.04 Å². The van der Waals surface area contributed by atoms with Crippen molar-refractivity contribution in [2.75, 3.05) is 19.1 Å². The molecule has 1 atom stereocenters. The highest BCUT2D eigenvalue weighted by atomic mass is 16.5. The molecule has 1 aromatic heterocycles. The van der Waals surface area contributed by atoms with Crippen molar-refractivity contribution in [3.63, 3.8) is 0 Å². The lowest BCUT2D eigenvalue weighted by Gasteiger charge is -2.34. The molecule has 1 unspecified atom stereocenters. The van der Waals surface area contributed by atoms with Gasteiger partial charge in [0.05, 0.1) is 19.7 Å². The Morgan fingerprint density at radius 3 is 2.55 bits per heavy atom. The van der Waals surface area contributed by atoms with Gasteiger partial charge in [-0.25, -0.2) is 4.68 Å². The van der Waals surface area contributed by atoms with Crippen molar-refractivity contribution in [1.29, 1.82) is 0 Å². The first-order chi connectivity index (χ1) is 19.4. The lowest BCUT2D eigenvalue weighted by atomic mass is 9.98. The number of methoxy groups -OCH3 is 2. The zero-order valence-electron chi connectivity index (χ0n) is 23.4. The number of benzene rings is 3. The maximum atomic E-state index is 14.4. The van der Waals surface area contributed by atoms with Gasteiger partial charge in [0.2, 0.25) is 11.8 Å². The molecule has 1 N–H and O–H groups in total. The Morgan fingerprint density at radius 2 is 1.80 bits per heavy atom. The number of fused-ring (bicyclic) bond motifs is 1. The lowest BCUT2D eigenvalue weighted by Crippen LogP contribution is -2.47. The van der Waals surface area contributed by atoms with Gasteiger partial charge in [0, 0.05) is 17.3 Å². The molecule has 1 fully saturated rings. The fraction of sp³-hybridized carbons (Fsp3) is 0.355. The molecule has 0 spiro atoms. The van der Waals surface area contributed by atoms with Gasteiger partial charge < -0.3 is 14.8 Å². The van der Waals surface area contributed by atoms with Gasteiger partial charge in [0.1, 0.15) is 29.6 Å². The zero-order valence-corrected chi connectivity index (χ0v) is 23.4. The number of anilines is 1. The van der Waals surface area contributed by atoms with E-state index >= 15 is 0 Å². The van der Waals surface area contributed by atoms with Crippen LogP contribution in [0.4, 0.5) is 5.69 Å².